The predicted molar refractivity (Wildman–Crippen MR) is 95.5 cm³/mol. The summed E-state index contributed by atoms with van der Waals surface area (Å²) in [4.78, 5) is 27.1. The van der Waals surface area contributed by atoms with Gasteiger partial charge < -0.3 is 4.89 Å². The van der Waals surface area contributed by atoms with Crippen LogP contribution < -0.4 is 4.89 Å². The Kier molecular flexibility index (Phi) is 5.82. The number of para-hydroxylation sites is 1. The molecular weight excluding hydrogens is 320 g/mol. The smallest absolute Gasteiger partial charge is 0.336 e. The molecule has 0 aliphatic rings. The predicted octanol–water partition coefficient (Wildman–Crippen LogP) is 5.22. The summed E-state index contributed by atoms with van der Waals surface area (Å²) in [5.74, 6) is -0.0886. The van der Waals surface area contributed by atoms with E-state index in [0.717, 1.165) is 5.56 Å². The molecule has 0 bridgehead atoms. The average molecular weight is 344 g/mol. The molecule has 0 heterocycles. The van der Waals surface area contributed by atoms with Crippen LogP contribution in [0, 0.1) is 0 Å². The molecule has 0 aliphatic carbocycles. The highest BCUT2D eigenvalue weighted by atomic mass is 17.2. The Morgan fingerprint density at radius 1 is 1.00 bits per heavy atom. The second kappa shape index (κ2) is 7.68. The zero-order valence-electron chi connectivity index (χ0n) is 15.2. The van der Waals surface area contributed by atoms with Crippen molar-refractivity contribution in [3.05, 3.63) is 53.6 Å². The molecule has 0 unspecified atom stereocenters. The van der Waals surface area contributed by atoms with Gasteiger partial charge in [0.2, 0.25) is 0 Å². The standard InChI is InChI=1S/C20H24O5/c1-13(2)14-11-8-12-16(18(14)24-25-20(3,4)5)15-9-6-7-10-17(15)19(21)23-22/h6-13,22H,1-5H3. The zero-order chi connectivity index (χ0) is 18.6. The lowest BCUT2D eigenvalue weighted by Gasteiger charge is -2.22. The molecule has 0 atom stereocenters. The molecule has 2 aromatic carbocycles. The SMILES string of the molecule is CC(C)c1cccc(-c2ccccc2C(=O)OO)c1OOC(C)(C)C. The van der Waals surface area contributed by atoms with Crippen molar-refractivity contribution in [2.75, 3.05) is 0 Å². The number of hydrogen-bond acceptors (Lipinski definition) is 5. The van der Waals surface area contributed by atoms with E-state index in [1.807, 2.05) is 39.0 Å². The third-order valence-corrected chi connectivity index (χ3v) is 3.56. The maximum atomic E-state index is 11.9. The molecule has 5 nitrogen and oxygen atoms in total. The van der Waals surface area contributed by atoms with Crippen molar-refractivity contribution >= 4 is 5.97 Å². The number of carbonyl (C=O) groups is 1. The van der Waals surface area contributed by atoms with Crippen LogP contribution in [0.5, 0.6) is 5.75 Å². The van der Waals surface area contributed by atoms with Crippen molar-refractivity contribution in [3.63, 3.8) is 0 Å². The number of hydrogen-bond donors (Lipinski definition) is 1. The first-order valence-electron chi connectivity index (χ1n) is 8.18. The van der Waals surface area contributed by atoms with Crippen molar-refractivity contribution in [1.29, 1.82) is 0 Å². The van der Waals surface area contributed by atoms with Gasteiger partial charge >= 0.3 is 5.97 Å². The van der Waals surface area contributed by atoms with Gasteiger partial charge in [-0.3, -0.25) is 4.89 Å². The summed E-state index contributed by atoms with van der Waals surface area (Å²) in [5.41, 5.74) is 1.98. The monoisotopic (exact) mass is 344 g/mol. The van der Waals surface area contributed by atoms with Gasteiger partial charge in [-0.2, -0.15) is 10.1 Å². The van der Waals surface area contributed by atoms with Gasteiger partial charge in [0.1, 0.15) is 5.60 Å². The van der Waals surface area contributed by atoms with E-state index >= 15 is 0 Å². The topological polar surface area (TPSA) is 65.0 Å². The van der Waals surface area contributed by atoms with Crippen LogP contribution >= 0.6 is 0 Å². The van der Waals surface area contributed by atoms with Crippen molar-refractivity contribution < 1.29 is 24.7 Å². The van der Waals surface area contributed by atoms with Crippen LogP contribution in [-0.2, 0) is 9.78 Å². The first-order valence-corrected chi connectivity index (χ1v) is 8.18. The lowest BCUT2D eigenvalue weighted by molar-refractivity contribution is -0.274. The Morgan fingerprint density at radius 3 is 2.24 bits per heavy atom. The van der Waals surface area contributed by atoms with Crippen LogP contribution in [-0.4, -0.2) is 16.8 Å². The largest absolute Gasteiger partial charge is 0.373 e. The van der Waals surface area contributed by atoms with Crippen LogP contribution in [0.25, 0.3) is 11.1 Å². The summed E-state index contributed by atoms with van der Waals surface area (Å²) in [6.45, 7) is 9.78. The van der Waals surface area contributed by atoms with Crippen molar-refractivity contribution in [3.8, 4) is 16.9 Å². The zero-order valence-corrected chi connectivity index (χ0v) is 15.2. The van der Waals surface area contributed by atoms with Gasteiger partial charge in [0.25, 0.3) is 0 Å². The first kappa shape index (κ1) is 19.0. The Labute approximate surface area is 148 Å². The van der Waals surface area contributed by atoms with E-state index in [1.165, 1.54) is 0 Å². The van der Waals surface area contributed by atoms with Gasteiger partial charge in [0.15, 0.2) is 5.75 Å². The lowest BCUT2D eigenvalue weighted by atomic mass is 9.93. The van der Waals surface area contributed by atoms with Crippen LogP contribution in [0.3, 0.4) is 0 Å². The van der Waals surface area contributed by atoms with Gasteiger partial charge in [0.05, 0.1) is 5.56 Å². The van der Waals surface area contributed by atoms with Gasteiger partial charge in [-0.1, -0.05) is 50.2 Å². The van der Waals surface area contributed by atoms with Crippen LogP contribution in [0.2, 0.25) is 0 Å². The van der Waals surface area contributed by atoms with Gasteiger partial charge in [0, 0.05) is 16.7 Å². The van der Waals surface area contributed by atoms with Gasteiger partial charge in [-0.25, -0.2) is 4.79 Å². The molecule has 0 spiro atoms. The molecule has 0 fully saturated rings. The van der Waals surface area contributed by atoms with Gasteiger partial charge in [-0.05, 0) is 32.8 Å². The second-order valence-electron chi connectivity index (χ2n) is 7.08. The first-order chi connectivity index (χ1) is 11.7. The lowest BCUT2D eigenvalue weighted by Crippen LogP contribution is -2.22. The van der Waals surface area contributed by atoms with Crippen molar-refractivity contribution in [2.24, 2.45) is 0 Å². The van der Waals surface area contributed by atoms with E-state index in [-0.39, 0.29) is 11.5 Å². The number of rotatable bonds is 5. The minimum atomic E-state index is -0.826. The van der Waals surface area contributed by atoms with E-state index in [9.17, 15) is 4.79 Å². The van der Waals surface area contributed by atoms with E-state index in [4.69, 9.17) is 15.0 Å². The molecule has 0 aromatic heterocycles. The van der Waals surface area contributed by atoms with Crippen LogP contribution in [0.4, 0.5) is 0 Å². The molecule has 0 amide bonds. The molecule has 1 N–H and O–H groups in total. The third-order valence-electron chi connectivity index (χ3n) is 3.56. The molecule has 0 saturated heterocycles. The van der Waals surface area contributed by atoms with E-state index in [0.29, 0.717) is 16.9 Å². The fraction of sp³-hybridized carbons (Fsp3) is 0.350. The van der Waals surface area contributed by atoms with E-state index in [1.54, 1.807) is 24.3 Å². The molecule has 0 aliphatic heterocycles. The van der Waals surface area contributed by atoms with Crippen molar-refractivity contribution in [1.82, 2.24) is 0 Å². The summed E-state index contributed by atoms with van der Waals surface area (Å²) < 4.78 is 0. The highest BCUT2D eigenvalue weighted by Crippen LogP contribution is 2.39. The molecular formula is C20H24O5. The number of benzene rings is 2. The highest BCUT2D eigenvalue weighted by molar-refractivity contribution is 5.98. The summed E-state index contributed by atoms with van der Waals surface area (Å²) in [6.07, 6.45) is 0. The average Bonchev–Trinajstić information content (AvgIpc) is 2.58. The summed E-state index contributed by atoms with van der Waals surface area (Å²) in [6, 6.07) is 12.6. The fourth-order valence-corrected chi connectivity index (χ4v) is 2.43. The van der Waals surface area contributed by atoms with E-state index < -0.39 is 11.6 Å². The Hall–Kier alpha value is -2.37. The van der Waals surface area contributed by atoms with Crippen molar-refractivity contribution in [2.45, 2.75) is 46.1 Å². The third kappa shape index (κ3) is 4.59. The quantitative estimate of drug-likeness (QED) is 0.595. The maximum Gasteiger partial charge on any atom is 0.373 e. The molecule has 25 heavy (non-hydrogen) atoms. The molecule has 134 valence electrons. The summed E-state index contributed by atoms with van der Waals surface area (Å²) in [5, 5.41) is 8.78. The minimum Gasteiger partial charge on any atom is -0.336 e. The minimum absolute atomic E-state index is 0.190. The molecule has 2 rings (SSSR count). The Balaban J connectivity index is 2.62. The second-order valence-corrected chi connectivity index (χ2v) is 7.08. The molecule has 0 saturated carbocycles. The fourth-order valence-electron chi connectivity index (χ4n) is 2.43. The van der Waals surface area contributed by atoms with E-state index in [2.05, 4.69) is 18.7 Å². The number of carbonyl (C=O) groups excluding carboxylic acids is 1. The maximum absolute atomic E-state index is 11.9. The molecule has 5 heteroatoms. The normalized spacial score (nSPS) is 11.5. The molecule has 0 radical (unpaired) electrons. The highest BCUT2D eigenvalue weighted by Gasteiger charge is 2.22. The van der Waals surface area contributed by atoms with Crippen LogP contribution in [0.15, 0.2) is 42.5 Å². The Bertz CT molecular complexity index is 744. The molecule has 2 aromatic rings. The Morgan fingerprint density at radius 2 is 1.64 bits per heavy atom. The summed E-state index contributed by atoms with van der Waals surface area (Å²) >= 11 is 0. The van der Waals surface area contributed by atoms with Gasteiger partial charge in [-0.15, -0.1) is 0 Å². The van der Waals surface area contributed by atoms with Crippen LogP contribution in [0.1, 0.15) is 56.5 Å². The summed E-state index contributed by atoms with van der Waals surface area (Å²) in [7, 11) is 0.